The molecule has 19 heavy (non-hydrogen) atoms. The lowest BCUT2D eigenvalue weighted by Crippen LogP contribution is -2.30. The summed E-state index contributed by atoms with van der Waals surface area (Å²) in [5.74, 6) is -1.06. The second-order valence-corrected chi connectivity index (χ2v) is 4.87. The van der Waals surface area contributed by atoms with Gasteiger partial charge in [-0.25, -0.2) is 9.59 Å². The van der Waals surface area contributed by atoms with Gasteiger partial charge in [-0.05, 0) is 24.5 Å². The Morgan fingerprint density at radius 3 is 2.53 bits per heavy atom. The minimum atomic E-state index is -1.16. The summed E-state index contributed by atoms with van der Waals surface area (Å²) in [5, 5.41) is 11.7. The summed E-state index contributed by atoms with van der Waals surface area (Å²) in [6.07, 6.45) is -1.74. The van der Waals surface area contributed by atoms with Crippen LogP contribution >= 0.6 is 11.6 Å². The number of carbonyl (C=O) groups excluding carboxylic acids is 1. The average Bonchev–Trinajstić information content (AvgIpc) is 2.30. The van der Waals surface area contributed by atoms with Crippen molar-refractivity contribution in [2.45, 2.75) is 26.4 Å². The molecule has 1 aromatic carbocycles. The average molecular weight is 286 g/mol. The molecular formula is C13H16ClNO4. The van der Waals surface area contributed by atoms with Crippen LogP contribution in [0.25, 0.3) is 0 Å². The number of hydrogen-bond donors (Lipinski definition) is 2. The normalized spacial score (nSPS) is 12.0. The topological polar surface area (TPSA) is 75.6 Å². The highest BCUT2D eigenvalue weighted by atomic mass is 35.5. The molecule has 1 amide bonds. The van der Waals surface area contributed by atoms with E-state index in [1.807, 2.05) is 13.8 Å². The molecule has 0 saturated heterocycles. The number of halogens is 1. The molecule has 104 valence electrons. The number of hydrogen-bond acceptors (Lipinski definition) is 3. The Bertz CT molecular complexity index is 462. The van der Waals surface area contributed by atoms with Crippen LogP contribution in [0.2, 0.25) is 5.02 Å². The van der Waals surface area contributed by atoms with Gasteiger partial charge in [0.15, 0.2) is 0 Å². The van der Waals surface area contributed by atoms with E-state index in [0.29, 0.717) is 10.7 Å². The number of nitrogens with one attached hydrogen (secondary N) is 1. The largest absolute Gasteiger partial charge is 0.479 e. The highest BCUT2D eigenvalue weighted by molar-refractivity contribution is 6.33. The molecule has 0 aliphatic rings. The van der Waals surface area contributed by atoms with Crippen LogP contribution in [0.15, 0.2) is 24.3 Å². The molecule has 0 fully saturated rings. The van der Waals surface area contributed by atoms with Crippen molar-refractivity contribution < 1.29 is 19.4 Å². The number of amides is 1. The molecule has 2 N–H and O–H groups in total. The third-order valence-corrected chi connectivity index (χ3v) is 2.65. The number of benzene rings is 1. The number of rotatable bonds is 5. The number of aliphatic carboxylic acids is 1. The lowest BCUT2D eigenvalue weighted by Gasteiger charge is -2.16. The van der Waals surface area contributed by atoms with Crippen molar-refractivity contribution in [3.63, 3.8) is 0 Å². The number of anilines is 1. The maximum atomic E-state index is 11.6. The van der Waals surface area contributed by atoms with Crippen molar-refractivity contribution in [1.29, 1.82) is 0 Å². The third-order valence-electron chi connectivity index (χ3n) is 2.32. The van der Waals surface area contributed by atoms with Crippen molar-refractivity contribution in [3.8, 4) is 0 Å². The molecule has 6 heteroatoms. The molecular weight excluding hydrogens is 270 g/mol. The van der Waals surface area contributed by atoms with Crippen LogP contribution in [-0.2, 0) is 9.53 Å². The third kappa shape index (κ3) is 5.18. The van der Waals surface area contributed by atoms with Crippen molar-refractivity contribution in [3.05, 3.63) is 29.3 Å². The first kappa shape index (κ1) is 15.3. The maximum Gasteiger partial charge on any atom is 0.412 e. The van der Waals surface area contributed by atoms with Gasteiger partial charge < -0.3 is 9.84 Å². The molecule has 5 nitrogen and oxygen atoms in total. The Balaban J connectivity index is 2.63. The van der Waals surface area contributed by atoms with Gasteiger partial charge in [0.05, 0.1) is 10.7 Å². The van der Waals surface area contributed by atoms with Crippen molar-refractivity contribution in [2.24, 2.45) is 5.92 Å². The van der Waals surface area contributed by atoms with E-state index < -0.39 is 18.2 Å². The first-order valence-electron chi connectivity index (χ1n) is 5.85. The first-order valence-corrected chi connectivity index (χ1v) is 6.23. The second kappa shape index (κ2) is 6.99. The van der Waals surface area contributed by atoms with Gasteiger partial charge in [0.25, 0.3) is 0 Å². The van der Waals surface area contributed by atoms with Gasteiger partial charge in [0.2, 0.25) is 6.10 Å². The molecule has 0 aliphatic heterocycles. The van der Waals surface area contributed by atoms with Gasteiger partial charge >= 0.3 is 12.1 Å². The van der Waals surface area contributed by atoms with Crippen LogP contribution in [0.4, 0.5) is 10.5 Å². The summed E-state index contributed by atoms with van der Waals surface area (Å²) in [7, 11) is 0. The van der Waals surface area contributed by atoms with E-state index in [9.17, 15) is 9.59 Å². The smallest absolute Gasteiger partial charge is 0.412 e. The summed E-state index contributed by atoms with van der Waals surface area (Å²) in [5.41, 5.74) is 0.378. The summed E-state index contributed by atoms with van der Waals surface area (Å²) >= 11 is 5.87. The minimum absolute atomic E-state index is 0.106. The lowest BCUT2D eigenvalue weighted by atomic mass is 10.1. The zero-order valence-electron chi connectivity index (χ0n) is 10.7. The molecule has 0 aromatic heterocycles. The fourth-order valence-corrected chi connectivity index (χ4v) is 1.64. The van der Waals surface area contributed by atoms with E-state index in [1.54, 1.807) is 24.3 Å². The SMILES string of the molecule is CC(C)C[C@H](OC(=O)Nc1ccccc1Cl)C(=O)O. The molecule has 1 aromatic rings. The molecule has 0 heterocycles. The molecule has 0 radical (unpaired) electrons. The minimum Gasteiger partial charge on any atom is -0.479 e. The first-order chi connectivity index (χ1) is 8.90. The molecule has 1 rings (SSSR count). The molecule has 0 unspecified atom stereocenters. The van der Waals surface area contributed by atoms with Gasteiger partial charge in [-0.15, -0.1) is 0 Å². The Kier molecular flexibility index (Phi) is 5.63. The summed E-state index contributed by atoms with van der Waals surface area (Å²) in [6, 6.07) is 6.63. The lowest BCUT2D eigenvalue weighted by molar-refractivity contribution is -0.147. The summed E-state index contributed by atoms with van der Waals surface area (Å²) in [4.78, 5) is 22.6. The van der Waals surface area contributed by atoms with E-state index in [-0.39, 0.29) is 12.3 Å². The van der Waals surface area contributed by atoms with Gasteiger partial charge in [0, 0.05) is 0 Å². The molecule has 0 saturated carbocycles. The predicted octanol–water partition coefficient (Wildman–Crippen LogP) is 3.39. The molecule has 0 bridgehead atoms. The van der Waals surface area contributed by atoms with Crippen LogP contribution in [0.3, 0.4) is 0 Å². The predicted molar refractivity (Wildman–Crippen MR) is 72.4 cm³/mol. The number of carboxylic acids is 1. The molecule has 0 spiro atoms. The van der Waals surface area contributed by atoms with E-state index in [4.69, 9.17) is 21.4 Å². The Labute approximate surface area is 116 Å². The maximum absolute atomic E-state index is 11.6. The highest BCUT2D eigenvalue weighted by Crippen LogP contribution is 2.21. The number of carbonyl (C=O) groups is 2. The summed E-state index contributed by atoms with van der Waals surface area (Å²) < 4.78 is 4.87. The number of ether oxygens (including phenoxy) is 1. The van der Waals surface area contributed by atoms with Crippen molar-refractivity contribution >= 4 is 29.4 Å². The summed E-state index contributed by atoms with van der Waals surface area (Å²) in [6.45, 7) is 3.70. The van der Waals surface area contributed by atoms with Crippen molar-refractivity contribution in [1.82, 2.24) is 0 Å². The van der Waals surface area contributed by atoms with E-state index in [2.05, 4.69) is 5.32 Å². The zero-order chi connectivity index (χ0) is 14.4. The highest BCUT2D eigenvalue weighted by Gasteiger charge is 2.23. The van der Waals surface area contributed by atoms with Crippen LogP contribution in [-0.4, -0.2) is 23.3 Å². The van der Waals surface area contributed by atoms with Gasteiger partial charge in [0.1, 0.15) is 0 Å². The van der Waals surface area contributed by atoms with Gasteiger partial charge in [-0.3, -0.25) is 5.32 Å². The second-order valence-electron chi connectivity index (χ2n) is 4.47. The Morgan fingerprint density at radius 2 is 2.00 bits per heavy atom. The quantitative estimate of drug-likeness (QED) is 0.869. The number of carboxylic acid groups (broad SMARTS) is 1. The van der Waals surface area contributed by atoms with Gasteiger partial charge in [-0.1, -0.05) is 37.6 Å². The van der Waals surface area contributed by atoms with Crippen LogP contribution < -0.4 is 5.32 Å². The monoisotopic (exact) mass is 285 g/mol. The Hall–Kier alpha value is -1.75. The van der Waals surface area contributed by atoms with E-state index >= 15 is 0 Å². The van der Waals surface area contributed by atoms with Crippen LogP contribution in [0.5, 0.6) is 0 Å². The Morgan fingerprint density at radius 1 is 1.37 bits per heavy atom. The fourth-order valence-electron chi connectivity index (χ4n) is 1.46. The standard InChI is InChI=1S/C13H16ClNO4/c1-8(2)7-11(12(16)17)19-13(18)15-10-6-4-3-5-9(10)14/h3-6,8,11H,7H2,1-2H3,(H,15,18)(H,16,17)/t11-/m0/s1. The van der Waals surface area contributed by atoms with E-state index in [1.165, 1.54) is 0 Å². The van der Waals surface area contributed by atoms with Crippen LogP contribution in [0, 0.1) is 5.92 Å². The van der Waals surface area contributed by atoms with Crippen molar-refractivity contribution in [2.75, 3.05) is 5.32 Å². The fraction of sp³-hybridized carbons (Fsp3) is 0.385. The van der Waals surface area contributed by atoms with Gasteiger partial charge in [-0.2, -0.15) is 0 Å². The number of para-hydroxylation sites is 1. The molecule has 0 aliphatic carbocycles. The van der Waals surface area contributed by atoms with E-state index in [0.717, 1.165) is 0 Å². The van der Waals surface area contributed by atoms with Crippen LogP contribution in [0.1, 0.15) is 20.3 Å². The molecule has 1 atom stereocenters. The zero-order valence-corrected chi connectivity index (χ0v) is 11.5.